The number of nitrogens with zero attached hydrogens (tertiary/aromatic N) is 2. The van der Waals surface area contributed by atoms with Crippen LogP contribution in [0, 0.1) is 11.8 Å². The van der Waals surface area contributed by atoms with Crippen LogP contribution in [0.2, 0.25) is 0 Å². The van der Waals surface area contributed by atoms with Crippen LogP contribution in [-0.4, -0.2) is 28.1 Å². The molecular formula is C31H37N5O2. The van der Waals surface area contributed by atoms with Crippen LogP contribution in [0.25, 0.3) is 22.4 Å². The van der Waals surface area contributed by atoms with Gasteiger partial charge in [-0.05, 0) is 75.5 Å². The smallest absolute Gasteiger partial charge is 0.225 e. The highest BCUT2D eigenvalue weighted by atomic mass is 16.2. The molecule has 2 saturated carbocycles. The first-order chi connectivity index (χ1) is 18.3. The second kappa shape index (κ2) is 11.0. The van der Waals surface area contributed by atoms with E-state index in [1.54, 1.807) is 0 Å². The lowest BCUT2D eigenvalue weighted by Gasteiger charge is -2.28. The lowest BCUT2D eigenvalue weighted by Crippen LogP contribution is -2.38. The maximum absolute atomic E-state index is 12.9. The molecule has 7 nitrogen and oxygen atoms in total. The SMILES string of the molecule is CC(C)(N)c1ccc(-c2nnc(NC(=O)CC3CCC(NC(=O)C4CC4)CC3)cc2-c2ccccc2)cc1. The Morgan fingerprint density at radius 2 is 1.58 bits per heavy atom. The van der Waals surface area contributed by atoms with Gasteiger partial charge in [0.2, 0.25) is 11.8 Å². The molecule has 0 unspecified atom stereocenters. The number of carbonyl (C=O) groups excluding carboxylic acids is 2. The van der Waals surface area contributed by atoms with Crippen molar-refractivity contribution in [3.05, 3.63) is 66.2 Å². The van der Waals surface area contributed by atoms with Crippen LogP contribution in [0.15, 0.2) is 60.7 Å². The molecule has 38 heavy (non-hydrogen) atoms. The lowest BCUT2D eigenvalue weighted by molar-refractivity contribution is -0.123. The van der Waals surface area contributed by atoms with Crippen molar-refractivity contribution < 1.29 is 9.59 Å². The summed E-state index contributed by atoms with van der Waals surface area (Å²) in [5, 5.41) is 15.1. The fraction of sp³-hybridized carbons (Fsp3) is 0.419. The molecule has 0 atom stereocenters. The maximum Gasteiger partial charge on any atom is 0.225 e. The second-order valence-electron chi connectivity index (χ2n) is 11.4. The van der Waals surface area contributed by atoms with E-state index < -0.39 is 5.54 Å². The van der Waals surface area contributed by atoms with Crippen LogP contribution in [-0.2, 0) is 15.1 Å². The minimum Gasteiger partial charge on any atom is -0.353 e. The predicted octanol–water partition coefficient (Wildman–Crippen LogP) is 5.42. The van der Waals surface area contributed by atoms with E-state index >= 15 is 0 Å². The summed E-state index contributed by atoms with van der Waals surface area (Å²) < 4.78 is 0. The largest absolute Gasteiger partial charge is 0.353 e. The van der Waals surface area contributed by atoms with E-state index in [1.165, 1.54) is 0 Å². The molecule has 2 aromatic carbocycles. The van der Waals surface area contributed by atoms with Gasteiger partial charge in [0.05, 0.1) is 0 Å². The first-order valence-corrected chi connectivity index (χ1v) is 13.7. The lowest BCUT2D eigenvalue weighted by atomic mass is 9.84. The Hall–Kier alpha value is -3.58. The third-order valence-corrected chi connectivity index (χ3v) is 7.66. The van der Waals surface area contributed by atoms with Crippen LogP contribution >= 0.6 is 0 Å². The van der Waals surface area contributed by atoms with Crippen molar-refractivity contribution in [2.45, 2.75) is 70.4 Å². The molecule has 5 rings (SSSR count). The highest BCUT2D eigenvalue weighted by Gasteiger charge is 2.32. The highest BCUT2D eigenvalue weighted by Crippen LogP contribution is 2.34. The summed E-state index contributed by atoms with van der Waals surface area (Å²) in [6.45, 7) is 3.96. The summed E-state index contributed by atoms with van der Waals surface area (Å²) in [6.07, 6.45) is 6.25. The Morgan fingerprint density at radius 1 is 0.895 bits per heavy atom. The van der Waals surface area contributed by atoms with E-state index in [0.29, 0.717) is 18.2 Å². The van der Waals surface area contributed by atoms with E-state index in [4.69, 9.17) is 5.73 Å². The van der Waals surface area contributed by atoms with Crippen LogP contribution in [0.3, 0.4) is 0 Å². The van der Waals surface area contributed by atoms with Gasteiger partial charge in [-0.25, -0.2) is 0 Å². The van der Waals surface area contributed by atoms with E-state index in [-0.39, 0.29) is 23.8 Å². The minimum absolute atomic E-state index is 0.0499. The number of nitrogens with two attached hydrogens (primary N) is 1. The molecular weight excluding hydrogens is 474 g/mol. The molecule has 0 bridgehead atoms. The van der Waals surface area contributed by atoms with E-state index in [1.807, 2.05) is 74.5 Å². The number of amides is 2. The van der Waals surface area contributed by atoms with Crippen molar-refractivity contribution in [2.24, 2.45) is 17.6 Å². The van der Waals surface area contributed by atoms with Crippen molar-refractivity contribution in [3.63, 3.8) is 0 Å². The van der Waals surface area contributed by atoms with E-state index in [2.05, 4.69) is 20.8 Å². The fourth-order valence-electron chi connectivity index (χ4n) is 5.19. The summed E-state index contributed by atoms with van der Waals surface area (Å²) in [6, 6.07) is 20.2. The number of aromatic nitrogens is 2. The molecule has 0 aliphatic heterocycles. The molecule has 1 aromatic heterocycles. The Balaban J connectivity index is 1.26. The highest BCUT2D eigenvalue weighted by molar-refractivity contribution is 5.91. The number of benzene rings is 2. The summed E-state index contributed by atoms with van der Waals surface area (Å²) in [7, 11) is 0. The molecule has 0 spiro atoms. The summed E-state index contributed by atoms with van der Waals surface area (Å²) in [5.41, 5.74) is 10.5. The molecule has 3 aromatic rings. The fourth-order valence-corrected chi connectivity index (χ4v) is 5.19. The zero-order chi connectivity index (χ0) is 26.7. The Morgan fingerprint density at radius 3 is 2.21 bits per heavy atom. The number of anilines is 1. The Kier molecular flexibility index (Phi) is 7.56. The van der Waals surface area contributed by atoms with Gasteiger partial charge in [-0.3, -0.25) is 9.59 Å². The van der Waals surface area contributed by atoms with Crippen molar-refractivity contribution in [3.8, 4) is 22.4 Å². The number of rotatable bonds is 8. The van der Waals surface area contributed by atoms with Gasteiger partial charge in [0.1, 0.15) is 5.69 Å². The summed E-state index contributed by atoms with van der Waals surface area (Å²) >= 11 is 0. The number of carbonyl (C=O) groups is 2. The van der Waals surface area contributed by atoms with E-state index in [9.17, 15) is 9.59 Å². The predicted molar refractivity (Wildman–Crippen MR) is 150 cm³/mol. The Labute approximate surface area is 224 Å². The average molecular weight is 512 g/mol. The van der Waals surface area contributed by atoms with Crippen LogP contribution in [0.4, 0.5) is 5.82 Å². The molecule has 0 radical (unpaired) electrons. The van der Waals surface area contributed by atoms with Gasteiger partial charge in [-0.1, -0.05) is 54.6 Å². The molecule has 0 saturated heterocycles. The maximum atomic E-state index is 12.9. The molecule has 7 heteroatoms. The monoisotopic (exact) mass is 511 g/mol. The zero-order valence-corrected chi connectivity index (χ0v) is 22.2. The third kappa shape index (κ3) is 6.45. The van der Waals surface area contributed by atoms with Gasteiger partial charge in [-0.2, -0.15) is 0 Å². The first kappa shape index (κ1) is 26.0. The number of hydrogen-bond acceptors (Lipinski definition) is 5. The quantitative estimate of drug-likeness (QED) is 0.374. The number of nitrogens with one attached hydrogen (secondary N) is 2. The first-order valence-electron chi connectivity index (χ1n) is 13.7. The molecule has 2 fully saturated rings. The van der Waals surface area contributed by atoms with Gasteiger partial charge in [0.25, 0.3) is 0 Å². The third-order valence-electron chi connectivity index (χ3n) is 7.66. The Bertz CT molecular complexity index is 1270. The van der Waals surface area contributed by atoms with Crippen LogP contribution < -0.4 is 16.4 Å². The molecule has 1 heterocycles. The van der Waals surface area contributed by atoms with Gasteiger partial charge in [0, 0.05) is 35.0 Å². The van der Waals surface area contributed by atoms with Crippen molar-refractivity contribution >= 4 is 17.6 Å². The van der Waals surface area contributed by atoms with Gasteiger partial charge < -0.3 is 16.4 Å². The topological polar surface area (TPSA) is 110 Å². The van der Waals surface area contributed by atoms with Gasteiger partial charge in [-0.15, -0.1) is 10.2 Å². The van der Waals surface area contributed by atoms with Crippen molar-refractivity contribution in [1.29, 1.82) is 0 Å². The normalized spacial score (nSPS) is 19.6. The standard InChI is InChI=1S/C31H37N5O2/c1-31(2,32)24-14-12-22(13-15-24)29-26(21-6-4-3-5-7-21)19-27(35-36-29)34-28(37)18-20-8-16-25(17-9-20)33-30(38)23-10-11-23/h3-7,12-15,19-20,23,25H,8-11,16-18,32H2,1-2H3,(H,33,38)(H,34,35,37). The van der Waals surface area contributed by atoms with Crippen LogP contribution in [0.1, 0.15) is 64.4 Å². The van der Waals surface area contributed by atoms with Crippen molar-refractivity contribution in [1.82, 2.24) is 15.5 Å². The zero-order valence-electron chi connectivity index (χ0n) is 22.2. The van der Waals surface area contributed by atoms with Gasteiger partial charge >= 0.3 is 0 Å². The molecule has 2 aliphatic rings. The van der Waals surface area contributed by atoms with Crippen molar-refractivity contribution in [2.75, 3.05) is 5.32 Å². The molecule has 2 aliphatic carbocycles. The molecule has 4 N–H and O–H groups in total. The second-order valence-corrected chi connectivity index (χ2v) is 11.4. The summed E-state index contributed by atoms with van der Waals surface area (Å²) in [4.78, 5) is 25.0. The molecule has 2 amide bonds. The average Bonchev–Trinajstić information content (AvgIpc) is 3.76. The number of hydrogen-bond donors (Lipinski definition) is 3. The summed E-state index contributed by atoms with van der Waals surface area (Å²) in [5.74, 6) is 1.16. The molecule has 198 valence electrons. The minimum atomic E-state index is -0.426. The van der Waals surface area contributed by atoms with E-state index in [0.717, 1.165) is 66.5 Å². The van der Waals surface area contributed by atoms with Crippen LogP contribution in [0.5, 0.6) is 0 Å². The van der Waals surface area contributed by atoms with Gasteiger partial charge in [0.15, 0.2) is 5.82 Å².